The molecule has 2 saturated carbocycles. The van der Waals surface area contributed by atoms with E-state index in [4.69, 9.17) is 9.47 Å². The van der Waals surface area contributed by atoms with E-state index in [1.807, 2.05) is 18.2 Å². The summed E-state index contributed by atoms with van der Waals surface area (Å²) >= 11 is 0. The topological polar surface area (TPSA) is 67.8 Å². The first-order chi connectivity index (χ1) is 13.6. The summed E-state index contributed by atoms with van der Waals surface area (Å²) in [7, 11) is 3.31. The van der Waals surface area contributed by atoms with Gasteiger partial charge in [0, 0.05) is 5.56 Å². The van der Waals surface area contributed by atoms with Crippen molar-refractivity contribution in [2.24, 2.45) is 17.8 Å². The number of carboxylic acids is 1. The lowest BCUT2D eigenvalue weighted by Gasteiger charge is -2.44. The molecule has 2 fully saturated rings. The van der Waals surface area contributed by atoms with Crippen molar-refractivity contribution in [2.45, 2.75) is 31.2 Å². The Morgan fingerprint density at radius 3 is 2.54 bits per heavy atom. The molecule has 5 nitrogen and oxygen atoms in total. The third kappa shape index (κ3) is 2.35. The van der Waals surface area contributed by atoms with Crippen LogP contribution < -0.4 is 14.8 Å². The Bertz CT molecular complexity index is 940. The second-order valence-electron chi connectivity index (χ2n) is 8.22. The standard InChI is InChI=1S/C23H25NO4/c1-27-17-8-4-6-15(22(17)28-2)21-19-13-10-9-12(11-13)18(19)14-5-3-7-16(23(25)26)20(14)24-21/h3-8,12-13,18-19,21,24H,9-11H2,1-2H3,(H,25,26)/t12-,13+,18+,19-,21+/m0/s1. The van der Waals surface area contributed by atoms with E-state index in [1.165, 1.54) is 24.8 Å². The molecule has 146 valence electrons. The van der Waals surface area contributed by atoms with Crippen LogP contribution in [0.2, 0.25) is 0 Å². The van der Waals surface area contributed by atoms with Gasteiger partial charge in [0.25, 0.3) is 0 Å². The first-order valence-electron chi connectivity index (χ1n) is 9.97. The van der Waals surface area contributed by atoms with E-state index in [0.29, 0.717) is 35.0 Å². The van der Waals surface area contributed by atoms with Gasteiger partial charge in [0.05, 0.1) is 31.5 Å². The van der Waals surface area contributed by atoms with Crippen LogP contribution in [0.3, 0.4) is 0 Å². The molecule has 3 aliphatic rings. The molecule has 28 heavy (non-hydrogen) atoms. The van der Waals surface area contributed by atoms with Crippen LogP contribution in [-0.2, 0) is 0 Å². The Morgan fingerprint density at radius 2 is 1.79 bits per heavy atom. The van der Waals surface area contributed by atoms with Crippen molar-refractivity contribution in [1.82, 2.24) is 0 Å². The first kappa shape index (κ1) is 17.4. The highest BCUT2D eigenvalue weighted by atomic mass is 16.5. The summed E-state index contributed by atoms with van der Waals surface area (Å²) in [5, 5.41) is 13.4. The average molecular weight is 379 g/mol. The zero-order chi connectivity index (χ0) is 19.4. The van der Waals surface area contributed by atoms with Gasteiger partial charge in [-0.05, 0) is 60.6 Å². The Morgan fingerprint density at radius 1 is 1.04 bits per heavy atom. The fraction of sp³-hybridized carbons (Fsp3) is 0.435. The third-order valence-corrected chi connectivity index (χ3v) is 7.12. The molecule has 0 unspecified atom stereocenters. The number of fused-ring (bicyclic) bond motifs is 7. The summed E-state index contributed by atoms with van der Waals surface area (Å²) in [4.78, 5) is 11.9. The van der Waals surface area contributed by atoms with Gasteiger partial charge in [-0.1, -0.05) is 24.3 Å². The number of aromatic carboxylic acids is 1. The Hall–Kier alpha value is -2.69. The molecule has 2 aliphatic carbocycles. The summed E-state index contributed by atoms with van der Waals surface area (Å²) in [5.41, 5.74) is 3.36. The van der Waals surface area contributed by atoms with Crippen LogP contribution in [0.4, 0.5) is 5.69 Å². The van der Waals surface area contributed by atoms with Crippen LogP contribution in [0.1, 0.15) is 52.7 Å². The molecule has 1 aliphatic heterocycles. The number of carbonyl (C=O) groups is 1. The number of hydrogen-bond donors (Lipinski definition) is 2. The maximum absolute atomic E-state index is 11.9. The largest absolute Gasteiger partial charge is 0.493 e. The van der Waals surface area contributed by atoms with Gasteiger partial charge in [0.1, 0.15) is 0 Å². The molecule has 0 amide bonds. The van der Waals surface area contributed by atoms with E-state index in [0.717, 1.165) is 17.0 Å². The van der Waals surface area contributed by atoms with Gasteiger partial charge in [-0.25, -0.2) is 4.79 Å². The minimum atomic E-state index is -0.887. The maximum atomic E-state index is 11.9. The highest BCUT2D eigenvalue weighted by molar-refractivity contribution is 5.95. The molecule has 5 atom stereocenters. The monoisotopic (exact) mass is 379 g/mol. The van der Waals surface area contributed by atoms with Crippen LogP contribution in [0.25, 0.3) is 0 Å². The van der Waals surface area contributed by atoms with Crippen LogP contribution in [-0.4, -0.2) is 25.3 Å². The van der Waals surface area contributed by atoms with Gasteiger partial charge >= 0.3 is 5.97 Å². The molecule has 2 bridgehead atoms. The van der Waals surface area contributed by atoms with Crippen molar-refractivity contribution in [3.05, 3.63) is 53.1 Å². The fourth-order valence-electron chi connectivity index (χ4n) is 6.16. The van der Waals surface area contributed by atoms with E-state index in [1.54, 1.807) is 20.3 Å². The second kappa shape index (κ2) is 6.43. The van der Waals surface area contributed by atoms with Crippen LogP contribution in [0.5, 0.6) is 11.5 Å². The normalized spacial score (nSPS) is 29.6. The predicted octanol–water partition coefficient (Wildman–Crippen LogP) is 4.70. The molecule has 0 saturated heterocycles. The number of anilines is 1. The van der Waals surface area contributed by atoms with E-state index >= 15 is 0 Å². The molecular formula is C23H25NO4. The van der Waals surface area contributed by atoms with Crippen molar-refractivity contribution in [3.8, 4) is 11.5 Å². The lowest BCUT2D eigenvalue weighted by molar-refractivity contribution is 0.0697. The summed E-state index contributed by atoms with van der Waals surface area (Å²) < 4.78 is 11.3. The lowest BCUT2D eigenvalue weighted by Crippen LogP contribution is -2.36. The number of rotatable bonds is 4. The van der Waals surface area contributed by atoms with Gasteiger partial charge in [-0.3, -0.25) is 0 Å². The van der Waals surface area contributed by atoms with Gasteiger partial charge in [0.15, 0.2) is 11.5 Å². The zero-order valence-corrected chi connectivity index (χ0v) is 16.1. The first-order valence-corrected chi connectivity index (χ1v) is 9.97. The van der Waals surface area contributed by atoms with Gasteiger partial charge in [0.2, 0.25) is 0 Å². The minimum absolute atomic E-state index is 0.0124. The van der Waals surface area contributed by atoms with Crippen LogP contribution in [0, 0.1) is 17.8 Å². The van der Waals surface area contributed by atoms with E-state index in [2.05, 4.69) is 17.4 Å². The molecule has 1 heterocycles. The molecule has 0 aromatic heterocycles. The zero-order valence-electron chi connectivity index (χ0n) is 16.1. The highest BCUT2D eigenvalue weighted by Gasteiger charge is 2.54. The van der Waals surface area contributed by atoms with Crippen molar-refractivity contribution in [3.63, 3.8) is 0 Å². The average Bonchev–Trinajstić information content (AvgIpc) is 3.34. The molecule has 0 spiro atoms. The summed E-state index contributed by atoms with van der Waals surface area (Å²) in [6, 6.07) is 11.7. The van der Waals surface area contributed by atoms with E-state index in [-0.39, 0.29) is 6.04 Å². The third-order valence-electron chi connectivity index (χ3n) is 7.12. The minimum Gasteiger partial charge on any atom is -0.493 e. The molecule has 2 aromatic carbocycles. The smallest absolute Gasteiger partial charge is 0.337 e. The van der Waals surface area contributed by atoms with Gasteiger partial charge in [-0.15, -0.1) is 0 Å². The van der Waals surface area contributed by atoms with Crippen molar-refractivity contribution >= 4 is 11.7 Å². The molecule has 2 N–H and O–H groups in total. The van der Waals surface area contributed by atoms with E-state index in [9.17, 15) is 9.90 Å². The van der Waals surface area contributed by atoms with E-state index < -0.39 is 5.97 Å². The molecule has 5 rings (SSSR count). The van der Waals surface area contributed by atoms with Gasteiger partial charge < -0.3 is 19.9 Å². The number of para-hydroxylation sites is 2. The summed E-state index contributed by atoms with van der Waals surface area (Å²) in [5.74, 6) is 2.69. The number of hydrogen-bond acceptors (Lipinski definition) is 4. The van der Waals surface area contributed by atoms with Crippen molar-refractivity contribution < 1.29 is 19.4 Å². The van der Waals surface area contributed by atoms with Crippen molar-refractivity contribution in [1.29, 1.82) is 0 Å². The molecule has 0 radical (unpaired) electrons. The number of methoxy groups -OCH3 is 2. The Kier molecular flexibility index (Phi) is 4.00. The SMILES string of the molecule is COc1cccc([C@H]2Nc3c(C(=O)O)cccc3[C@H]3[C@H]4CC[C@H](C4)[C@@H]32)c1OC. The predicted molar refractivity (Wildman–Crippen MR) is 106 cm³/mol. The van der Waals surface area contributed by atoms with Crippen molar-refractivity contribution in [2.75, 3.05) is 19.5 Å². The summed E-state index contributed by atoms with van der Waals surface area (Å²) in [6.07, 6.45) is 3.73. The van der Waals surface area contributed by atoms with Crippen LogP contribution in [0.15, 0.2) is 36.4 Å². The molecular weight excluding hydrogens is 354 g/mol. The number of benzene rings is 2. The Balaban J connectivity index is 1.70. The van der Waals surface area contributed by atoms with Crippen LogP contribution >= 0.6 is 0 Å². The quantitative estimate of drug-likeness (QED) is 0.806. The number of ether oxygens (including phenoxy) is 2. The van der Waals surface area contributed by atoms with Gasteiger partial charge in [-0.2, -0.15) is 0 Å². The summed E-state index contributed by atoms with van der Waals surface area (Å²) in [6.45, 7) is 0. The number of carboxylic acid groups (broad SMARTS) is 1. The highest BCUT2D eigenvalue weighted by Crippen LogP contribution is 2.64. The number of nitrogens with one attached hydrogen (secondary N) is 1. The fourth-order valence-corrected chi connectivity index (χ4v) is 6.16. The lowest BCUT2D eigenvalue weighted by atomic mass is 9.67. The molecule has 2 aromatic rings. The molecule has 5 heteroatoms. The Labute approximate surface area is 164 Å². The maximum Gasteiger partial charge on any atom is 0.337 e. The second-order valence-corrected chi connectivity index (χ2v) is 8.22.